The van der Waals surface area contributed by atoms with Gasteiger partial charge in [0.1, 0.15) is 0 Å². The fourth-order valence-corrected chi connectivity index (χ4v) is 4.37. The predicted octanol–water partition coefficient (Wildman–Crippen LogP) is 3.27. The molecule has 0 amide bonds. The molecule has 0 radical (unpaired) electrons. The van der Waals surface area contributed by atoms with Crippen molar-refractivity contribution in [1.29, 1.82) is 0 Å². The average molecular weight is 329 g/mol. The van der Waals surface area contributed by atoms with Crippen LogP contribution < -0.4 is 5.73 Å². The number of thioether (sulfide) groups is 1. The third-order valence-electron chi connectivity index (χ3n) is 3.61. The maximum absolute atomic E-state index is 6.22. The van der Waals surface area contributed by atoms with Crippen LogP contribution in [-0.2, 0) is 0 Å². The molecule has 1 heterocycles. The van der Waals surface area contributed by atoms with Gasteiger partial charge < -0.3 is 5.73 Å². The SMILES string of the molecule is CC(N)C(c1cccc(Br)c1)N(C)C1CCSC1. The van der Waals surface area contributed by atoms with Crippen molar-refractivity contribution in [2.24, 2.45) is 5.73 Å². The van der Waals surface area contributed by atoms with E-state index in [2.05, 4.69) is 59.1 Å². The maximum atomic E-state index is 6.22. The van der Waals surface area contributed by atoms with E-state index in [0.717, 1.165) is 4.47 Å². The van der Waals surface area contributed by atoms with E-state index in [1.165, 1.54) is 23.5 Å². The normalized spacial score (nSPS) is 23.3. The molecule has 0 bridgehead atoms. The fourth-order valence-electron chi connectivity index (χ4n) is 2.67. The molecule has 100 valence electrons. The predicted molar refractivity (Wildman–Crippen MR) is 84.0 cm³/mol. The lowest BCUT2D eigenvalue weighted by Gasteiger charge is -2.35. The Labute approximate surface area is 122 Å². The first kappa shape index (κ1) is 14.4. The molecule has 1 aromatic carbocycles. The summed E-state index contributed by atoms with van der Waals surface area (Å²) in [5.41, 5.74) is 7.53. The van der Waals surface area contributed by atoms with Crippen LogP contribution in [0.25, 0.3) is 0 Å². The molecule has 4 heteroatoms. The van der Waals surface area contributed by atoms with E-state index in [1.807, 2.05) is 11.8 Å². The Kier molecular flexibility index (Phi) is 5.13. The van der Waals surface area contributed by atoms with Gasteiger partial charge in [-0.15, -0.1) is 0 Å². The van der Waals surface area contributed by atoms with Crippen molar-refractivity contribution < 1.29 is 0 Å². The van der Waals surface area contributed by atoms with Gasteiger partial charge in [0.2, 0.25) is 0 Å². The highest BCUT2D eigenvalue weighted by Crippen LogP contribution is 2.31. The number of likely N-dealkylation sites (N-methyl/N-ethyl adjacent to an activating group) is 1. The molecule has 1 aliphatic rings. The highest BCUT2D eigenvalue weighted by atomic mass is 79.9. The quantitative estimate of drug-likeness (QED) is 0.919. The van der Waals surface area contributed by atoms with Gasteiger partial charge in [-0.05, 0) is 43.8 Å². The van der Waals surface area contributed by atoms with Crippen molar-refractivity contribution in [3.05, 3.63) is 34.3 Å². The van der Waals surface area contributed by atoms with Gasteiger partial charge in [0.05, 0.1) is 0 Å². The van der Waals surface area contributed by atoms with Gasteiger partial charge >= 0.3 is 0 Å². The van der Waals surface area contributed by atoms with Gasteiger partial charge in [-0.1, -0.05) is 28.1 Å². The number of nitrogens with zero attached hydrogens (tertiary/aromatic N) is 1. The minimum absolute atomic E-state index is 0.134. The summed E-state index contributed by atoms with van der Waals surface area (Å²) in [4.78, 5) is 2.46. The number of halogens is 1. The molecule has 2 rings (SSSR count). The lowest BCUT2D eigenvalue weighted by Crippen LogP contribution is -2.43. The van der Waals surface area contributed by atoms with Crippen LogP contribution in [0.1, 0.15) is 24.9 Å². The van der Waals surface area contributed by atoms with Gasteiger partial charge in [-0.3, -0.25) is 4.90 Å². The van der Waals surface area contributed by atoms with Crippen LogP contribution >= 0.6 is 27.7 Å². The average Bonchev–Trinajstić information content (AvgIpc) is 2.82. The number of rotatable bonds is 4. The molecule has 0 aliphatic carbocycles. The van der Waals surface area contributed by atoms with Gasteiger partial charge in [0.25, 0.3) is 0 Å². The van der Waals surface area contributed by atoms with Crippen molar-refractivity contribution in [2.45, 2.75) is 31.5 Å². The number of nitrogens with two attached hydrogens (primary N) is 1. The van der Waals surface area contributed by atoms with E-state index in [4.69, 9.17) is 5.73 Å². The summed E-state index contributed by atoms with van der Waals surface area (Å²) < 4.78 is 1.12. The number of hydrogen-bond acceptors (Lipinski definition) is 3. The molecular formula is C14H21BrN2S. The molecule has 3 unspecified atom stereocenters. The molecule has 0 spiro atoms. The molecule has 1 fully saturated rings. The molecule has 1 aromatic rings. The second-order valence-corrected chi connectivity index (χ2v) is 7.11. The monoisotopic (exact) mass is 328 g/mol. The molecule has 1 aliphatic heterocycles. The maximum Gasteiger partial charge on any atom is 0.0497 e. The third-order valence-corrected chi connectivity index (χ3v) is 5.25. The molecule has 0 saturated carbocycles. The molecule has 2 nitrogen and oxygen atoms in total. The van der Waals surface area contributed by atoms with E-state index in [-0.39, 0.29) is 6.04 Å². The Morgan fingerprint density at radius 1 is 1.50 bits per heavy atom. The third kappa shape index (κ3) is 3.29. The van der Waals surface area contributed by atoms with Gasteiger partial charge in [0.15, 0.2) is 0 Å². The lowest BCUT2D eigenvalue weighted by molar-refractivity contribution is 0.168. The van der Waals surface area contributed by atoms with Crippen LogP contribution in [0.5, 0.6) is 0 Å². The Balaban J connectivity index is 2.22. The molecule has 3 atom stereocenters. The first-order valence-corrected chi connectivity index (χ1v) is 8.35. The molecular weight excluding hydrogens is 308 g/mol. The molecule has 1 saturated heterocycles. The summed E-state index contributed by atoms with van der Waals surface area (Å²) in [6, 6.07) is 9.61. The fraction of sp³-hybridized carbons (Fsp3) is 0.571. The second kappa shape index (κ2) is 6.42. The minimum Gasteiger partial charge on any atom is -0.326 e. The summed E-state index contributed by atoms with van der Waals surface area (Å²) >= 11 is 5.59. The Hall–Kier alpha value is -0.0300. The Morgan fingerprint density at radius 2 is 2.28 bits per heavy atom. The Morgan fingerprint density at radius 3 is 2.83 bits per heavy atom. The standard InChI is InChI=1S/C14H21BrN2S/c1-10(16)14(11-4-3-5-12(15)8-11)17(2)13-6-7-18-9-13/h3-5,8,10,13-14H,6-7,9,16H2,1-2H3. The van der Waals surface area contributed by atoms with Gasteiger partial charge in [-0.2, -0.15) is 11.8 Å². The van der Waals surface area contributed by atoms with E-state index < -0.39 is 0 Å². The lowest BCUT2D eigenvalue weighted by atomic mass is 9.98. The van der Waals surface area contributed by atoms with Crippen LogP contribution in [0, 0.1) is 0 Å². The van der Waals surface area contributed by atoms with Crippen LogP contribution in [0.2, 0.25) is 0 Å². The summed E-state index contributed by atoms with van der Waals surface area (Å²) in [5.74, 6) is 2.51. The largest absolute Gasteiger partial charge is 0.326 e. The van der Waals surface area contributed by atoms with Crippen LogP contribution in [0.15, 0.2) is 28.7 Å². The first-order chi connectivity index (χ1) is 8.59. The van der Waals surface area contributed by atoms with E-state index in [0.29, 0.717) is 12.1 Å². The van der Waals surface area contributed by atoms with E-state index in [1.54, 1.807) is 0 Å². The summed E-state index contributed by atoms with van der Waals surface area (Å²) in [6.07, 6.45) is 1.28. The van der Waals surface area contributed by atoms with Crippen LogP contribution in [-0.4, -0.2) is 35.5 Å². The van der Waals surface area contributed by atoms with E-state index >= 15 is 0 Å². The van der Waals surface area contributed by atoms with Crippen molar-refractivity contribution in [3.8, 4) is 0 Å². The first-order valence-electron chi connectivity index (χ1n) is 6.40. The summed E-state index contributed by atoms with van der Waals surface area (Å²) in [5, 5.41) is 0. The molecule has 2 N–H and O–H groups in total. The van der Waals surface area contributed by atoms with E-state index in [9.17, 15) is 0 Å². The molecule has 0 aromatic heterocycles. The zero-order valence-electron chi connectivity index (χ0n) is 11.0. The molecule has 18 heavy (non-hydrogen) atoms. The smallest absolute Gasteiger partial charge is 0.0497 e. The van der Waals surface area contributed by atoms with Crippen molar-refractivity contribution in [2.75, 3.05) is 18.6 Å². The number of hydrogen-bond donors (Lipinski definition) is 1. The zero-order chi connectivity index (χ0) is 13.1. The van der Waals surface area contributed by atoms with Crippen molar-refractivity contribution >= 4 is 27.7 Å². The van der Waals surface area contributed by atoms with Crippen LogP contribution in [0.4, 0.5) is 0 Å². The zero-order valence-corrected chi connectivity index (χ0v) is 13.4. The second-order valence-electron chi connectivity index (χ2n) is 5.04. The van der Waals surface area contributed by atoms with Gasteiger partial charge in [0, 0.05) is 28.4 Å². The summed E-state index contributed by atoms with van der Waals surface area (Å²) in [7, 11) is 2.21. The van der Waals surface area contributed by atoms with Crippen molar-refractivity contribution in [1.82, 2.24) is 4.90 Å². The highest BCUT2D eigenvalue weighted by Gasteiger charge is 2.29. The Bertz CT molecular complexity index is 391. The summed E-state index contributed by atoms with van der Waals surface area (Å²) in [6.45, 7) is 2.10. The van der Waals surface area contributed by atoms with Crippen molar-refractivity contribution in [3.63, 3.8) is 0 Å². The highest BCUT2D eigenvalue weighted by molar-refractivity contribution is 9.10. The van der Waals surface area contributed by atoms with Crippen LogP contribution in [0.3, 0.4) is 0 Å². The topological polar surface area (TPSA) is 29.3 Å². The minimum atomic E-state index is 0.134. The van der Waals surface area contributed by atoms with Gasteiger partial charge in [-0.25, -0.2) is 0 Å². The number of benzene rings is 1.